The van der Waals surface area contributed by atoms with Crippen LogP contribution in [-0.4, -0.2) is 55.5 Å². The number of rotatable bonds is 2. The molecule has 0 radical (unpaired) electrons. The summed E-state index contributed by atoms with van der Waals surface area (Å²) in [6.07, 6.45) is 3.72. The molecule has 0 aromatic heterocycles. The number of hydrogen-bond donors (Lipinski definition) is 1. The minimum atomic E-state index is 0.201. The van der Waals surface area contributed by atoms with Crippen LogP contribution in [0, 0.1) is 11.8 Å². The van der Waals surface area contributed by atoms with Gasteiger partial charge in [0.05, 0.1) is 6.54 Å². The molecule has 16 heavy (non-hydrogen) atoms. The van der Waals surface area contributed by atoms with Crippen molar-refractivity contribution >= 4 is 5.91 Å². The Hall–Kier alpha value is -0.610. The third kappa shape index (κ3) is 2.38. The van der Waals surface area contributed by atoms with Gasteiger partial charge in [-0.2, -0.15) is 0 Å². The number of amides is 1. The molecule has 0 aromatic rings. The Morgan fingerprint density at radius 2 is 2.12 bits per heavy atom. The van der Waals surface area contributed by atoms with Crippen LogP contribution in [0.1, 0.15) is 19.3 Å². The molecule has 3 unspecified atom stereocenters. The fourth-order valence-corrected chi connectivity index (χ4v) is 3.07. The van der Waals surface area contributed by atoms with E-state index in [1.165, 1.54) is 12.8 Å². The Kier molecular flexibility index (Phi) is 3.50. The molecule has 0 aromatic carbocycles. The average Bonchev–Trinajstić information content (AvgIpc) is 2.61. The van der Waals surface area contributed by atoms with Crippen LogP contribution in [0.2, 0.25) is 0 Å². The van der Waals surface area contributed by atoms with Crippen molar-refractivity contribution in [3.63, 3.8) is 0 Å². The highest BCUT2D eigenvalue weighted by atomic mass is 16.2. The van der Waals surface area contributed by atoms with Crippen LogP contribution in [0.4, 0.5) is 0 Å². The van der Waals surface area contributed by atoms with E-state index in [2.05, 4.69) is 4.90 Å². The van der Waals surface area contributed by atoms with Crippen molar-refractivity contribution < 1.29 is 4.79 Å². The lowest BCUT2D eigenvalue weighted by Crippen LogP contribution is -2.39. The molecule has 1 aliphatic heterocycles. The number of carbonyl (C=O) groups excluding carboxylic acids is 1. The van der Waals surface area contributed by atoms with Crippen molar-refractivity contribution in [3.8, 4) is 0 Å². The third-order valence-corrected chi connectivity index (χ3v) is 4.09. The summed E-state index contributed by atoms with van der Waals surface area (Å²) in [6.45, 7) is 2.65. The minimum Gasteiger partial charge on any atom is -0.348 e. The Bertz CT molecular complexity index is 267. The standard InChI is InChI=1S/C12H23N3O/c1-14(2)12(16)8-15-6-9-4-3-5-11(13)10(9)7-15/h9-11H,3-8,13H2,1-2H3. The first-order valence-electron chi connectivity index (χ1n) is 6.26. The first-order valence-corrected chi connectivity index (χ1v) is 6.26. The Labute approximate surface area is 97.8 Å². The van der Waals surface area contributed by atoms with Crippen LogP contribution in [0.25, 0.3) is 0 Å². The molecule has 1 amide bonds. The first kappa shape index (κ1) is 11.9. The summed E-state index contributed by atoms with van der Waals surface area (Å²) in [5.41, 5.74) is 6.15. The second kappa shape index (κ2) is 4.72. The van der Waals surface area contributed by atoms with Crippen molar-refractivity contribution in [2.45, 2.75) is 25.3 Å². The third-order valence-electron chi connectivity index (χ3n) is 4.09. The molecule has 0 spiro atoms. The van der Waals surface area contributed by atoms with E-state index in [1.807, 2.05) is 14.1 Å². The van der Waals surface area contributed by atoms with E-state index in [1.54, 1.807) is 4.90 Å². The van der Waals surface area contributed by atoms with E-state index < -0.39 is 0 Å². The average molecular weight is 225 g/mol. The van der Waals surface area contributed by atoms with Gasteiger partial charge in [-0.1, -0.05) is 6.42 Å². The topological polar surface area (TPSA) is 49.6 Å². The molecule has 2 fully saturated rings. The number of hydrogen-bond acceptors (Lipinski definition) is 3. The Morgan fingerprint density at radius 1 is 1.38 bits per heavy atom. The molecule has 1 heterocycles. The van der Waals surface area contributed by atoms with E-state index in [-0.39, 0.29) is 5.91 Å². The molecular weight excluding hydrogens is 202 g/mol. The lowest BCUT2D eigenvalue weighted by molar-refractivity contribution is -0.129. The highest BCUT2D eigenvalue weighted by Gasteiger charge is 2.39. The number of carbonyl (C=O) groups is 1. The monoisotopic (exact) mass is 225 g/mol. The largest absolute Gasteiger partial charge is 0.348 e. The summed E-state index contributed by atoms with van der Waals surface area (Å²) >= 11 is 0. The smallest absolute Gasteiger partial charge is 0.236 e. The molecule has 1 saturated heterocycles. The zero-order valence-corrected chi connectivity index (χ0v) is 10.4. The quantitative estimate of drug-likeness (QED) is 0.727. The fraction of sp³-hybridized carbons (Fsp3) is 0.917. The van der Waals surface area contributed by atoms with Gasteiger partial charge in [0.2, 0.25) is 5.91 Å². The van der Waals surface area contributed by atoms with Crippen molar-refractivity contribution in [1.29, 1.82) is 0 Å². The van der Waals surface area contributed by atoms with Crippen LogP contribution in [0.3, 0.4) is 0 Å². The molecule has 2 aliphatic rings. The van der Waals surface area contributed by atoms with E-state index in [0.717, 1.165) is 25.4 Å². The predicted octanol–water partition coefficient (Wildman–Crippen LogP) is 0.134. The summed E-state index contributed by atoms with van der Waals surface area (Å²) in [7, 11) is 3.63. The Morgan fingerprint density at radius 3 is 2.75 bits per heavy atom. The van der Waals surface area contributed by atoms with Crippen molar-refractivity contribution in [3.05, 3.63) is 0 Å². The van der Waals surface area contributed by atoms with Crippen LogP contribution in [-0.2, 0) is 4.79 Å². The molecule has 4 nitrogen and oxygen atoms in total. The van der Waals surface area contributed by atoms with Crippen molar-refractivity contribution in [1.82, 2.24) is 9.80 Å². The van der Waals surface area contributed by atoms with Gasteiger partial charge in [0.1, 0.15) is 0 Å². The van der Waals surface area contributed by atoms with Crippen LogP contribution in [0.5, 0.6) is 0 Å². The molecular formula is C12H23N3O. The summed E-state index contributed by atoms with van der Waals surface area (Å²) < 4.78 is 0. The number of fused-ring (bicyclic) bond motifs is 1. The summed E-state index contributed by atoms with van der Waals surface area (Å²) in [5, 5.41) is 0. The maximum Gasteiger partial charge on any atom is 0.236 e. The number of nitrogens with zero attached hydrogens (tertiary/aromatic N) is 2. The van der Waals surface area contributed by atoms with Gasteiger partial charge >= 0.3 is 0 Å². The van der Waals surface area contributed by atoms with Crippen LogP contribution in [0.15, 0.2) is 0 Å². The zero-order chi connectivity index (χ0) is 11.7. The first-order chi connectivity index (χ1) is 7.58. The SMILES string of the molecule is CN(C)C(=O)CN1CC2CCCC(N)C2C1. The van der Waals surface area contributed by atoms with Gasteiger partial charge in [-0.05, 0) is 24.7 Å². The number of likely N-dealkylation sites (tertiary alicyclic amines) is 1. The van der Waals surface area contributed by atoms with Gasteiger partial charge in [-0.3, -0.25) is 9.69 Å². The Balaban J connectivity index is 1.89. The van der Waals surface area contributed by atoms with E-state index in [4.69, 9.17) is 5.73 Å². The predicted molar refractivity (Wildman–Crippen MR) is 63.9 cm³/mol. The molecule has 0 bridgehead atoms. The molecule has 2 rings (SSSR count). The number of likely N-dealkylation sites (N-methyl/N-ethyl adjacent to an activating group) is 1. The van der Waals surface area contributed by atoms with Crippen molar-refractivity contribution in [2.24, 2.45) is 17.6 Å². The summed E-state index contributed by atoms with van der Waals surface area (Å²) in [4.78, 5) is 15.6. The molecule has 4 heteroatoms. The zero-order valence-electron chi connectivity index (χ0n) is 10.4. The maximum atomic E-state index is 11.6. The molecule has 92 valence electrons. The van der Waals surface area contributed by atoms with Gasteiger partial charge in [0.25, 0.3) is 0 Å². The van der Waals surface area contributed by atoms with Gasteiger partial charge in [-0.25, -0.2) is 0 Å². The van der Waals surface area contributed by atoms with E-state index >= 15 is 0 Å². The lowest BCUT2D eigenvalue weighted by atomic mass is 9.78. The number of nitrogens with two attached hydrogens (primary N) is 1. The summed E-state index contributed by atoms with van der Waals surface area (Å²) in [6, 6.07) is 0.359. The minimum absolute atomic E-state index is 0.201. The second-order valence-corrected chi connectivity index (χ2v) is 5.50. The summed E-state index contributed by atoms with van der Waals surface area (Å²) in [5.74, 6) is 1.56. The molecule has 2 N–H and O–H groups in total. The molecule has 1 aliphatic carbocycles. The van der Waals surface area contributed by atoms with Crippen LogP contribution < -0.4 is 5.73 Å². The maximum absolute atomic E-state index is 11.6. The fourth-order valence-electron chi connectivity index (χ4n) is 3.07. The van der Waals surface area contributed by atoms with E-state index in [0.29, 0.717) is 18.5 Å². The highest BCUT2D eigenvalue weighted by Crippen LogP contribution is 2.35. The van der Waals surface area contributed by atoms with Gasteiger partial charge in [0, 0.05) is 33.2 Å². The van der Waals surface area contributed by atoms with Crippen molar-refractivity contribution in [2.75, 3.05) is 33.7 Å². The van der Waals surface area contributed by atoms with E-state index in [9.17, 15) is 4.79 Å². The normalized spacial score (nSPS) is 34.8. The molecule has 1 saturated carbocycles. The lowest BCUT2D eigenvalue weighted by Gasteiger charge is -2.29. The van der Waals surface area contributed by atoms with Gasteiger partial charge in [-0.15, -0.1) is 0 Å². The van der Waals surface area contributed by atoms with Crippen LogP contribution >= 0.6 is 0 Å². The second-order valence-electron chi connectivity index (χ2n) is 5.50. The van der Waals surface area contributed by atoms with Gasteiger partial charge in [0.15, 0.2) is 0 Å². The highest BCUT2D eigenvalue weighted by molar-refractivity contribution is 5.77. The molecule has 3 atom stereocenters. The van der Waals surface area contributed by atoms with Gasteiger partial charge < -0.3 is 10.6 Å².